The monoisotopic (exact) mass is 332 g/mol. The van der Waals surface area contributed by atoms with E-state index in [1.165, 1.54) is 55.6 Å². The molecule has 0 saturated carbocycles. The fourth-order valence-corrected chi connectivity index (χ4v) is 2.70. The molecule has 0 unspecified atom stereocenters. The van der Waals surface area contributed by atoms with Gasteiger partial charge in [0.05, 0.1) is 0 Å². The van der Waals surface area contributed by atoms with Crippen molar-refractivity contribution in [1.82, 2.24) is 0 Å². The average Bonchev–Trinajstić information content (AvgIpc) is 2.71. The zero-order chi connectivity index (χ0) is 15.8. The molecular formula is C21H32Ti-8. The molecule has 128 valence electrons. The second-order valence-corrected chi connectivity index (χ2v) is 6.10. The van der Waals surface area contributed by atoms with Gasteiger partial charge in [-0.05, 0) is 0 Å². The van der Waals surface area contributed by atoms with E-state index in [1.54, 1.807) is 0 Å². The third-order valence-corrected chi connectivity index (χ3v) is 5.41. The van der Waals surface area contributed by atoms with Gasteiger partial charge in [-0.1, -0.05) is 0 Å². The van der Waals surface area contributed by atoms with Crippen molar-refractivity contribution < 1.29 is 21.7 Å². The van der Waals surface area contributed by atoms with Crippen LogP contribution in [0.3, 0.4) is 0 Å². The van der Waals surface area contributed by atoms with Gasteiger partial charge in [-0.15, -0.1) is 27.7 Å². The summed E-state index contributed by atoms with van der Waals surface area (Å²) in [5, 5.41) is 0. The molecule has 0 bridgehead atoms. The predicted octanol–water partition coefficient (Wildman–Crippen LogP) is 6.22. The summed E-state index contributed by atoms with van der Waals surface area (Å²) in [6, 6.07) is 0. The van der Waals surface area contributed by atoms with Crippen LogP contribution < -0.4 is 0 Å². The summed E-state index contributed by atoms with van der Waals surface area (Å²) in [4.78, 5) is 0. The van der Waals surface area contributed by atoms with Gasteiger partial charge < -0.3 is 40.8 Å². The van der Waals surface area contributed by atoms with Gasteiger partial charge in [0.2, 0.25) is 0 Å². The van der Waals surface area contributed by atoms with Gasteiger partial charge in [0.25, 0.3) is 0 Å². The average molecular weight is 332 g/mol. The van der Waals surface area contributed by atoms with Crippen molar-refractivity contribution in [3.8, 4) is 0 Å². The molecule has 0 aliphatic carbocycles. The maximum Gasteiger partial charge on any atom is 0 e. The second kappa shape index (κ2) is 8.80. The minimum absolute atomic E-state index is 0. The fraction of sp³-hybridized carbons (Fsp3) is 0.429. The van der Waals surface area contributed by atoms with Crippen LogP contribution in [0.2, 0.25) is 0 Å². The first-order chi connectivity index (χ1) is 9.11. The van der Waals surface area contributed by atoms with Crippen molar-refractivity contribution in [1.29, 1.82) is 0 Å². The van der Waals surface area contributed by atoms with Crippen molar-refractivity contribution in [2.45, 2.75) is 62.3 Å². The molecule has 0 spiro atoms. The standard InChI is InChI=1S/C10H15.C10H14.CH3.Ti/c2*1-6-7(2)9(4)10(5)8(6)3;;/h1-5H3;1H2,2-5H3;1H3;/q-5;-2;-1;. The Balaban J connectivity index is 0. The second-order valence-electron chi connectivity index (χ2n) is 6.10. The smallest absolute Gasteiger partial charge is 0 e. The SMILES string of the molecule is C[c-]1[c-](C)[c-](C)[c-](C)[c-]1C.[CH2-][c-]1c(C)c(C)c(C)c1C.[CH3-].[Ti]. The minimum atomic E-state index is 0. The quantitative estimate of drug-likeness (QED) is 0.397. The molecule has 0 saturated heterocycles. The van der Waals surface area contributed by atoms with Gasteiger partial charge in [0, 0.05) is 21.7 Å². The molecular weight excluding hydrogens is 300 g/mol. The van der Waals surface area contributed by atoms with Crippen LogP contribution in [0.5, 0.6) is 0 Å². The maximum absolute atomic E-state index is 4.00. The Labute approximate surface area is 153 Å². The Kier molecular flexibility index (Phi) is 9.42. The predicted molar refractivity (Wildman–Crippen MR) is 97.6 cm³/mol. The van der Waals surface area contributed by atoms with Gasteiger partial charge in [0.1, 0.15) is 0 Å². The maximum atomic E-state index is 4.00. The number of rotatable bonds is 0. The van der Waals surface area contributed by atoms with E-state index in [-0.39, 0.29) is 29.1 Å². The van der Waals surface area contributed by atoms with Crippen LogP contribution in [0.15, 0.2) is 0 Å². The zero-order valence-corrected chi connectivity index (χ0v) is 17.8. The van der Waals surface area contributed by atoms with E-state index in [4.69, 9.17) is 0 Å². The molecule has 0 aliphatic rings. The van der Waals surface area contributed by atoms with Crippen molar-refractivity contribution >= 4 is 0 Å². The Morgan fingerprint density at radius 2 is 0.773 bits per heavy atom. The minimum Gasteiger partial charge on any atom is -0.731 e. The summed E-state index contributed by atoms with van der Waals surface area (Å²) in [6.45, 7) is 23.6. The third-order valence-electron chi connectivity index (χ3n) is 5.41. The number of hydrogen-bond donors (Lipinski definition) is 0. The van der Waals surface area contributed by atoms with Crippen LogP contribution in [0.4, 0.5) is 0 Å². The summed E-state index contributed by atoms with van der Waals surface area (Å²) in [7, 11) is 0. The first-order valence-corrected chi connectivity index (χ1v) is 7.35. The van der Waals surface area contributed by atoms with Crippen molar-refractivity contribution in [3.63, 3.8) is 0 Å². The molecule has 2 aromatic carbocycles. The molecule has 1 heteroatoms. The van der Waals surface area contributed by atoms with Gasteiger partial charge in [-0.25, -0.2) is 34.6 Å². The normalized spacial score (nSPS) is 9.50. The van der Waals surface area contributed by atoms with Crippen LogP contribution in [0.1, 0.15) is 55.6 Å². The summed E-state index contributed by atoms with van der Waals surface area (Å²) < 4.78 is 0. The molecule has 0 heterocycles. The number of hydrogen-bond acceptors (Lipinski definition) is 0. The van der Waals surface area contributed by atoms with E-state index < -0.39 is 0 Å². The molecule has 0 N–H and O–H groups in total. The van der Waals surface area contributed by atoms with Gasteiger partial charge in [-0.2, -0.15) is 0 Å². The van der Waals surface area contributed by atoms with E-state index in [2.05, 4.69) is 69.2 Å². The first kappa shape index (κ1) is 23.5. The summed E-state index contributed by atoms with van der Waals surface area (Å²) in [5.74, 6) is 0. The Morgan fingerprint density at radius 3 is 0.864 bits per heavy atom. The molecule has 0 aromatic heterocycles. The van der Waals surface area contributed by atoms with E-state index in [1.807, 2.05) is 0 Å². The molecule has 2 aromatic rings. The molecule has 2 rings (SSSR count). The molecule has 0 fully saturated rings. The van der Waals surface area contributed by atoms with Crippen LogP contribution in [0, 0.1) is 76.7 Å². The first-order valence-electron chi connectivity index (χ1n) is 7.35. The van der Waals surface area contributed by atoms with Crippen LogP contribution in [0.25, 0.3) is 0 Å². The van der Waals surface area contributed by atoms with Crippen LogP contribution >= 0.6 is 0 Å². The van der Waals surface area contributed by atoms with Gasteiger partial charge in [0.15, 0.2) is 0 Å². The molecule has 0 radical (unpaired) electrons. The Bertz CT molecular complexity index is 404. The summed E-state index contributed by atoms with van der Waals surface area (Å²) >= 11 is 0. The van der Waals surface area contributed by atoms with E-state index in [9.17, 15) is 0 Å². The summed E-state index contributed by atoms with van der Waals surface area (Å²) in [6.07, 6.45) is 0. The molecule has 22 heavy (non-hydrogen) atoms. The van der Waals surface area contributed by atoms with Crippen molar-refractivity contribution in [2.24, 2.45) is 0 Å². The molecule has 0 atom stereocenters. The van der Waals surface area contributed by atoms with E-state index in [0.29, 0.717) is 0 Å². The molecule has 0 amide bonds. The van der Waals surface area contributed by atoms with E-state index in [0.717, 1.165) is 0 Å². The molecule has 0 nitrogen and oxygen atoms in total. The summed E-state index contributed by atoms with van der Waals surface area (Å²) in [5.41, 5.74) is 14.1. The van der Waals surface area contributed by atoms with Crippen LogP contribution in [-0.4, -0.2) is 0 Å². The Morgan fingerprint density at radius 1 is 0.591 bits per heavy atom. The Hall–Kier alpha value is -0.716. The van der Waals surface area contributed by atoms with E-state index >= 15 is 0 Å². The third kappa shape index (κ3) is 4.18. The van der Waals surface area contributed by atoms with Gasteiger partial charge >= 0.3 is 0 Å². The largest absolute Gasteiger partial charge is 0.731 e. The fourth-order valence-electron chi connectivity index (χ4n) is 2.70. The van der Waals surface area contributed by atoms with Crippen molar-refractivity contribution in [3.05, 3.63) is 70.0 Å². The van der Waals surface area contributed by atoms with Crippen LogP contribution in [-0.2, 0) is 21.7 Å². The van der Waals surface area contributed by atoms with Gasteiger partial charge in [-0.3, -0.25) is 29.2 Å². The topological polar surface area (TPSA) is 0 Å². The zero-order valence-electron chi connectivity index (χ0n) is 16.2. The van der Waals surface area contributed by atoms with Crippen molar-refractivity contribution in [2.75, 3.05) is 0 Å². The molecule has 0 aliphatic heterocycles.